The second-order valence-corrected chi connectivity index (χ2v) is 3.45. The van der Waals surface area contributed by atoms with Crippen LogP contribution in [0.3, 0.4) is 0 Å². The van der Waals surface area contributed by atoms with E-state index in [1.165, 1.54) is 19.3 Å². The molecule has 17 heavy (non-hydrogen) atoms. The molecule has 0 amide bonds. The maximum Gasteiger partial charge on any atom is 0.434 e. The third-order valence-corrected chi connectivity index (χ3v) is 2.02. The van der Waals surface area contributed by atoms with E-state index in [9.17, 15) is 13.2 Å². The average molecular weight is 242 g/mol. The summed E-state index contributed by atoms with van der Waals surface area (Å²) in [6, 6.07) is 5.95. The summed E-state index contributed by atoms with van der Waals surface area (Å²) in [7, 11) is 6.56. The van der Waals surface area contributed by atoms with E-state index >= 15 is 0 Å². The van der Waals surface area contributed by atoms with Crippen LogP contribution >= 0.6 is 0 Å². The van der Waals surface area contributed by atoms with Crippen molar-refractivity contribution in [3.8, 4) is 5.75 Å². The molecule has 0 saturated carbocycles. The topological polar surface area (TPSA) is 55.5 Å². The molecule has 0 spiro atoms. The van der Waals surface area contributed by atoms with Gasteiger partial charge in [-0.1, -0.05) is 17.6 Å². The molecule has 3 radical (unpaired) electrons. The van der Waals surface area contributed by atoms with E-state index < -0.39 is 18.5 Å². The van der Waals surface area contributed by atoms with E-state index in [0.717, 1.165) is 0 Å². The van der Waals surface area contributed by atoms with Crippen molar-refractivity contribution in [3.05, 3.63) is 24.3 Å². The van der Waals surface area contributed by atoms with Gasteiger partial charge >= 0.3 is 6.18 Å². The Labute approximate surface area is 98.4 Å². The lowest BCUT2D eigenvalue weighted by Gasteiger charge is -2.25. The number of alkyl halides is 3. The lowest BCUT2D eigenvalue weighted by molar-refractivity contribution is -0.266. The zero-order valence-corrected chi connectivity index (χ0v) is 8.74. The molecule has 1 rings (SSSR count). The molecular formula is C9H9B2F3NO2. The van der Waals surface area contributed by atoms with Crippen LogP contribution in [-0.4, -0.2) is 38.5 Å². The molecule has 0 bridgehead atoms. The Morgan fingerprint density at radius 1 is 1.29 bits per heavy atom. The first-order valence-electron chi connectivity index (χ1n) is 4.62. The SMILES string of the molecule is [B][B]c1ccc(OCC(N)(O)C(F)(F)F)cc1. The van der Waals surface area contributed by atoms with Gasteiger partial charge in [0.05, 0.1) is 7.17 Å². The molecule has 89 valence electrons. The van der Waals surface area contributed by atoms with E-state index in [2.05, 4.69) is 5.73 Å². The van der Waals surface area contributed by atoms with E-state index in [1.54, 1.807) is 12.1 Å². The molecule has 8 heteroatoms. The van der Waals surface area contributed by atoms with Crippen LogP contribution in [0.4, 0.5) is 13.2 Å². The summed E-state index contributed by atoms with van der Waals surface area (Å²) in [6.45, 7) is -1.08. The van der Waals surface area contributed by atoms with Crippen LogP contribution in [0.15, 0.2) is 24.3 Å². The summed E-state index contributed by atoms with van der Waals surface area (Å²) in [5.41, 5.74) is 2.00. The van der Waals surface area contributed by atoms with Crippen LogP contribution < -0.4 is 15.9 Å². The fraction of sp³-hybridized carbons (Fsp3) is 0.333. The minimum Gasteiger partial charge on any atom is -0.489 e. The molecule has 0 saturated heterocycles. The zero-order chi connectivity index (χ0) is 13.1. The highest BCUT2D eigenvalue weighted by atomic mass is 19.4. The maximum absolute atomic E-state index is 12.2. The van der Waals surface area contributed by atoms with Crippen LogP contribution in [0.2, 0.25) is 0 Å². The van der Waals surface area contributed by atoms with Gasteiger partial charge in [-0.25, -0.2) is 0 Å². The monoisotopic (exact) mass is 242 g/mol. The zero-order valence-electron chi connectivity index (χ0n) is 8.74. The summed E-state index contributed by atoms with van der Waals surface area (Å²) in [6.07, 6.45) is -4.95. The van der Waals surface area contributed by atoms with Gasteiger partial charge in [0.25, 0.3) is 0 Å². The number of rotatable bonds is 4. The van der Waals surface area contributed by atoms with Crippen LogP contribution in [0.25, 0.3) is 0 Å². The van der Waals surface area contributed by atoms with Crippen molar-refractivity contribution >= 4 is 20.4 Å². The number of hydrogen-bond donors (Lipinski definition) is 2. The van der Waals surface area contributed by atoms with Gasteiger partial charge in [0.2, 0.25) is 5.72 Å². The van der Waals surface area contributed by atoms with E-state index in [0.29, 0.717) is 5.46 Å². The Morgan fingerprint density at radius 3 is 2.24 bits per heavy atom. The maximum atomic E-state index is 12.2. The molecular weight excluding hydrogens is 233 g/mol. The van der Waals surface area contributed by atoms with E-state index in [4.69, 9.17) is 17.6 Å². The van der Waals surface area contributed by atoms with Crippen molar-refractivity contribution in [1.29, 1.82) is 0 Å². The smallest absolute Gasteiger partial charge is 0.434 e. The second-order valence-electron chi connectivity index (χ2n) is 3.45. The molecule has 0 aromatic heterocycles. The highest BCUT2D eigenvalue weighted by molar-refractivity contribution is 6.97. The number of ether oxygens (including phenoxy) is 1. The first-order valence-corrected chi connectivity index (χ1v) is 4.62. The number of halogens is 3. The van der Waals surface area contributed by atoms with Crippen molar-refractivity contribution in [1.82, 2.24) is 0 Å². The third-order valence-electron chi connectivity index (χ3n) is 2.02. The van der Waals surface area contributed by atoms with Gasteiger partial charge in [0.1, 0.15) is 12.4 Å². The minimum atomic E-state index is -4.95. The van der Waals surface area contributed by atoms with Gasteiger partial charge in [-0.2, -0.15) is 13.2 Å². The molecule has 0 aliphatic carbocycles. The summed E-state index contributed by atoms with van der Waals surface area (Å²) >= 11 is 0. The Balaban J connectivity index is 2.61. The predicted octanol–water partition coefficient (Wildman–Crippen LogP) is -0.312. The fourth-order valence-electron chi connectivity index (χ4n) is 0.950. The van der Waals surface area contributed by atoms with Gasteiger partial charge in [0.15, 0.2) is 0 Å². The molecule has 0 aliphatic rings. The van der Waals surface area contributed by atoms with Gasteiger partial charge in [-0.3, -0.25) is 5.73 Å². The molecule has 1 atom stereocenters. The van der Waals surface area contributed by atoms with Gasteiger partial charge in [-0.05, 0) is 12.1 Å². The molecule has 0 aliphatic heterocycles. The molecule has 1 unspecified atom stereocenters. The Bertz CT molecular complexity index is 367. The molecule has 1 aromatic rings. The Kier molecular flexibility index (Phi) is 4.11. The third kappa shape index (κ3) is 3.67. The van der Waals surface area contributed by atoms with Crippen LogP contribution in [0.5, 0.6) is 5.75 Å². The minimum absolute atomic E-state index is 0.156. The van der Waals surface area contributed by atoms with Crippen LogP contribution in [-0.2, 0) is 0 Å². The van der Waals surface area contributed by atoms with Crippen molar-refractivity contribution in [2.75, 3.05) is 6.61 Å². The highest BCUT2D eigenvalue weighted by Gasteiger charge is 2.51. The summed E-state index contributed by atoms with van der Waals surface area (Å²) < 4.78 is 41.3. The van der Waals surface area contributed by atoms with Gasteiger partial charge in [-0.15, -0.1) is 0 Å². The fourth-order valence-corrected chi connectivity index (χ4v) is 0.950. The lowest BCUT2D eigenvalue weighted by atomic mass is 9.51. The van der Waals surface area contributed by atoms with Crippen molar-refractivity contribution in [3.63, 3.8) is 0 Å². The quantitative estimate of drug-likeness (QED) is 0.562. The molecule has 0 fully saturated rings. The largest absolute Gasteiger partial charge is 0.489 e. The van der Waals surface area contributed by atoms with E-state index in [-0.39, 0.29) is 5.75 Å². The van der Waals surface area contributed by atoms with Crippen LogP contribution in [0, 0.1) is 0 Å². The Morgan fingerprint density at radius 2 is 1.82 bits per heavy atom. The van der Waals surface area contributed by atoms with Gasteiger partial charge in [0, 0.05) is 7.74 Å². The molecule has 0 heterocycles. The summed E-state index contributed by atoms with van der Waals surface area (Å²) in [5.74, 6) is 0.156. The van der Waals surface area contributed by atoms with Gasteiger partial charge < -0.3 is 9.84 Å². The van der Waals surface area contributed by atoms with Crippen molar-refractivity contribution in [2.45, 2.75) is 11.9 Å². The number of aliphatic hydroxyl groups is 1. The molecule has 3 nitrogen and oxygen atoms in total. The van der Waals surface area contributed by atoms with E-state index in [1.807, 2.05) is 0 Å². The summed E-state index contributed by atoms with van der Waals surface area (Å²) in [4.78, 5) is 0. The standard InChI is InChI=1S/C9H9B2F3NO2/c10-11-6-1-3-7(4-2-6)17-5-8(15,16)9(12,13)14/h1-4,16H,5,15H2. The van der Waals surface area contributed by atoms with Crippen LogP contribution in [0.1, 0.15) is 0 Å². The number of nitrogens with two attached hydrogens (primary N) is 1. The highest BCUT2D eigenvalue weighted by Crippen LogP contribution is 2.26. The normalized spacial score (nSPS) is 15.1. The molecule has 3 N–H and O–H groups in total. The number of benzene rings is 1. The second kappa shape index (κ2) is 5.01. The average Bonchev–Trinajstić information content (AvgIpc) is 2.25. The van der Waals surface area contributed by atoms with Crippen molar-refractivity contribution < 1.29 is 23.0 Å². The predicted molar refractivity (Wildman–Crippen MR) is 58.3 cm³/mol. The number of hydrogen-bond acceptors (Lipinski definition) is 3. The first kappa shape index (κ1) is 13.9. The first-order chi connectivity index (χ1) is 7.76. The van der Waals surface area contributed by atoms with Crippen molar-refractivity contribution in [2.24, 2.45) is 5.73 Å². The molecule has 1 aromatic carbocycles. The Hall–Kier alpha value is -1.14. The summed E-state index contributed by atoms with van der Waals surface area (Å²) in [5, 5.41) is 8.91. The lowest BCUT2D eigenvalue weighted by Crippen LogP contribution is -2.57.